The van der Waals surface area contributed by atoms with Gasteiger partial charge in [-0.3, -0.25) is 0 Å². The number of nitrogens with one attached hydrogen (secondary N) is 1. The quantitative estimate of drug-likeness (QED) is 0.785. The summed E-state index contributed by atoms with van der Waals surface area (Å²) in [6.45, 7) is 4.87. The highest BCUT2D eigenvalue weighted by Gasteiger charge is 2.20. The minimum atomic E-state index is -2.41. The monoisotopic (exact) mass is 257 g/mol. The van der Waals surface area contributed by atoms with E-state index in [9.17, 15) is 8.78 Å². The molecule has 0 aliphatic rings. The van der Waals surface area contributed by atoms with E-state index in [0.717, 1.165) is 12.0 Å². The molecule has 0 saturated heterocycles. The molecule has 2 N–H and O–H groups in total. The Morgan fingerprint density at radius 2 is 1.89 bits per heavy atom. The van der Waals surface area contributed by atoms with Crippen molar-refractivity contribution in [3.05, 3.63) is 35.4 Å². The summed E-state index contributed by atoms with van der Waals surface area (Å²) < 4.78 is 24.8. The molecule has 0 aliphatic carbocycles. The molecule has 4 heteroatoms. The molecule has 1 rings (SSSR count). The van der Waals surface area contributed by atoms with E-state index in [1.165, 1.54) is 12.1 Å². The minimum absolute atomic E-state index is 0.0485. The van der Waals surface area contributed by atoms with Crippen molar-refractivity contribution in [2.75, 3.05) is 6.61 Å². The molecule has 0 bridgehead atoms. The van der Waals surface area contributed by atoms with E-state index in [0.29, 0.717) is 13.0 Å². The van der Waals surface area contributed by atoms with Gasteiger partial charge >= 0.3 is 0 Å². The third-order valence-electron chi connectivity index (χ3n) is 3.39. The van der Waals surface area contributed by atoms with Crippen LogP contribution in [0.1, 0.15) is 44.2 Å². The summed E-state index contributed by atoms with van der Waals surface area (Å²) >= 11 is 0. The lowest BCUT2D eigenvalue weighted by Crippen LogP contribution is -2.42. The molecule has 1 unspecified atom stereocenters. The Morgan fingerprint density at radius 1 is 1.28 bits per heavy atom. The van der Waals surface area contributed by atoms with Crippen LogP contribution in [0.2, 0.25) is 0 Å². The zero-order valence-electron chi connectivity index (χ0n) is 10.9. The van der Waals surface area contributed by atoms with Crippen molar-refractivity contribution in [1.82, 2.24) is 5.32 Å². The van der Waals surface area contributed by atoms with Gasteiger partial charge in [-0.25, -0.2) is 8.78 Å². The molecule has 0 spiro atoms. The molecule has 0 saturated carbocycles. The molecule has 1 aromatic rings. The number of halogens is 2. The first-order valence-electron chi connectivity index (χ1n) is 6.23. The molecule has 0 aliphatic heterocycles. The molecular weight excluding hydrogens is 236 g/mol. The molecule has 0 aromatic heterocycles. The Kier molecular flexibility index (Phi) is 5.69. The van der Waals surface area contributed by atoms with Crippen LogP contribution in [-0.4, -0.2) is 17.3 Å². The van der Waals surface area contributed by atoms with Crippen molar-refractivity contribution >= 4 is 0 Å². The summed E-state index contributed by atoms with van der Waals surface area (Å²) in [5, 5.41) is 12.4. The van der Waals surface area contributed by atoms with Crippen LogP contribution in [0, 0.1) is 0 Å². The maximum absolute atomic E-state index is 12.4. The molecule has 0 amide bonds. The van der Waals surface area contributed by atoms with Gasteiger partial charge in [-0.2, -0.15) is 0 Å². The average molecular weight is 257 g/mol. The summed E-state index contributed by atoms with van der Waals surface area (Å²) in [6, 6.07) is 6.33. The van der Waals surface area contributed by atoms with Crippen LogP contribution in [0.5, 0.6) is 0 Å². The number of aliphatic hydroxyl groups is 1. The Balaban J connectivity index is 2.57. The molecule has 0 heterocycles. The summed E-state index contributed by atoms with van der Waals surface area (Å²) in [5.74, 6) is 0. The third-order valence-corrected chi connectivity index (χ3v) is 3.39. The second-order valence-corrected chi connectivity index (χ2v) is 4.78. The van der Waals surface area contributed by atoms with Gasteiger partial charge in [0, 0.05) is 24.3 Å². The normalized spacial score (nSPS) is 14.8. The number of hydrogen-bond donors (Lipinski definition) is 2. The van der Waals surface area contributed by atoms with Crippen molar-refractivity contribution in [3.63, 3.8) is 0 Å². The second-order valence-electron chi connectivity index (χ2n) is 4.78. The zero-order chi connectivity index (χ0) is 13.6. The number of rotatable bonds is 7. The number of aliphatic hydroxyl groups excluding tert-OH is 1. The van der Waals surface area contributed by atoms with Gasteiger partial charge in [-0.1, -0.05) is 31.2 Å². The topological polar surface area (TPSA) is 32.3 Å². The smallest absolute Gasteiger partial charge is 0.263 e. The third kappa shape index (κ3) is 4.35. The van der Waals surface area contributed by atoms with Gasteiger partial charge in [0.25, 0.3) is 6.43 Å². The highest BCUT2D eigenvalue weighted by molar-refractivity contribution is 5.23. The van der Waals surface area contributed by atoms with Gasteiger partial charge in [-0.15, -0.1) is 0 Å². The molecule has 0 fully saturated rings. The minimum Gasteiger partial charge on any atom is -0.396 e. The maximum Gasteiger partial charge on any atom is 0.263 e. The Labute approximate surface area is 107 Å². The molecule has 1 aromatic carbocycles. The van der Waals surface area contributed by atoms with Crippen LogP contribution in [0.3, 0.4) is 0 Å². The molecule has 1 atom stereocenters. The van der Waals surface area contributed by atoms with Gasteiger partial charge in [0.05, 0.1) is 0 Å². The molecule has 102 valence electrons. The summed E-state index contributed by atoms with van der Waals surface area (Å²) in [6.07, 6.45) is -0.830. The summed E-state index contributed by atoms with van der Waals surface area (Å²) in [7, 11) is 0. The number of alkyl halides is 2. The Bertz CT molecular complexity index is 353. The van der Waals surface area contributed by atoms with Crippen LogP contribution < -0.4 is 5.32 Å². The predicted molar refractivity (Wildman–Crippen MR) is 68.6 cm³/mol. The Morgan fingerprint density at radius 3 is 2.33 bits per heavy atom. The van der Waals surface area contributed by atoms with Crippen molar-refractivity contribution in [3.8, 4) is 0 Å². The SMILES string of the molecule is CCC(C)(CCO)NCc1ccc(C(F)F)cc1. The van der Waals surface area contributed by atoms with Gasteiger partial charge < -0.3 is 10.4 Å². The van der Waals surface area contributed by atoms with Gasteiger partial charge in [0.1, 0.15) is 0 Å². The van der Waals surface area contributed by atoms with Gasteiger partial charge in [0.2, 0.25) is 0 Å². The number of hydrogen-bond acceptors (Lipinski definition) is 2. The summed E-state index contributed by atoms with van der Waals surface area (Å²) in [5.41, 5.74) is 0.903. The van der Waals surface area contributed by atoms with Crippen LogP contribution in [0.25, 0.3) is 0 Å². The first-order chi connectivity index (χ1) is 8.50. The fraction of sp³-hybridized carbons (Fsp3) is 0.571. The van der Waals surface area contributed by atoms with Gasteiger partial charge in [-0.05, 0) is 25.3 Å². The van der Waals surface area contributed by atoms with E-state index in [4.69, 9.17) is 5.11 Å². The Hall–Kier alpha value is -1.00. The fourth-order valence-electron chi connectivity index (χ4n) is 1.73. The van der Waals surface area contributed by atoms with E-state index in [2.05, 4.69) is 19.2 Å². The lowest BCUT2D eigenvalue weighted by atomic mass is 9.94. The van der Waals surface area contributed by atoms with E-state index < -0.39 is 6.43 Å². The van der Waals surface area contributed by atoms with Gasteiger partial charge in [0.15, 0.2) is 0 Å². The van der Waals surface area contributed by atoms with Crippen molar-refractivity contribution in [2.45, 2.75) is 45.2 Å². The standard InChI is InChI=1S/C14H21F2NO/c1-3-14(2,8-9-18)17-10-11-4-6-12(7-5-11)13(15)16/h4-7,13,17-18H,3,8-10H2,1-2H3. The molecule has 2 nitrogen and oxygen atoms in total. The molecule has 18 heavy (non-hydrogen) atoms. The van der Waals surface area contributed by atoms with Crippen LogP contribution >= 0.6 is 0 Å². The first-order valence-corrected chi connectivity index (χ1v) is 6.23. The van der Waals surface area contributed by atoms with E-state index >= 15 is 0 Å². The lowest BCUT2D eigenvalue weighted by molar-refractivity contribution is 0.151. The zero-order valence-corrected chi connectivity index (χ0v) is 10.9. The highest BCUT2D eigenvalue weighted by atomic mass is 19.3. The van der Waals surface area contributed by atoms with Crippen LogP contribution in [0.15, 0.2) is 24.3 Å². The van der Waals surface area contributed by atoms with Crippen molar-refractivity contribution < 1.29 is 13.9 Å². The fourth-order valence-corrected chi connectivity index (χ4v) is 1.73. The van der Waals surface area contributed by atoms with Crippen molar-refractivity contribution in [1.29, 1.82) is 0 Å². The first kappa shape index (κ1) is 15.1. The van der Waals surface area contributed by atoms with Crippen LogP contribution in [-0.2, 0) is 6.54 Å². The number of benzene rings is 1. The summed E-state index contributed by atoms with van der Waals surface area (Å²) in [4.78, 5) is 0. The van der Waals surface area contributed by atoms with Crippen LogP contribution in [0.4, 0.5) is 8.78 Å². The largest absolute Gasteiger partial charge is 0.396 e. The van der Waals surface area contributed by atoms with E-state index in [1.54, 1.807) is 12.1 Å². The second kappa shape index (κ2) is 6.81. The molecule has 0 radical (unpaired) electrons. The van der Waals surface area contributed by atoms with Crippen molar-refractivity contribution in [2.24, 2.45) is 0 Å². The lowest BCUT2D eigenvalue weighted by Gasteiger charge is -2.29. The highest BCUT2D eigenvalue weighted by Crippen LogP contribution is 2.19. The maximum atomic E-state index is 12.4. The van der Waals surface area contributed by atoms with E-state index in [-0.39, 0.29) is 17.7 Å². The molecular formula is C14H21F2NO. The van der Waals surface area contributed by atoms with E-state index in [1.807, 2.05) is 0 Å². The average Bonchev–Trinajstić information content (AvgIpc) is 2.37. The predicted octanol–water partition coefficient (Wildman–Crippen LogP) is 3.26.